The number of aromatic nitrogens is 2. The van der Waals surface area contributed by atoms with Gasteiger partial charge in [-0.05, 0) is 37.1 Å². The summed E-state index contributed by atoms with van der Waals surface area (Å²) in [6.45, 7) is -0.0114. The van der Waals surface area contributed by atoms with Gasteiger partial charge in [-0.1, -0.05) is 19.3 Å². The first-order valence-corrected chi connectivity index (χ1v) is 8.62. The highest BCUT2D eigenvalue weighted by Crippen LogP contribution is 2.21. The smallest absolute Gasteiger partial charge is 0.254 e. The van der Waals surface area contributed by atoms with E-state index in [2.05, 4.69) is 4.98 Å². The lowest BCUT2D eigenvalue weighted by Gasteiger charge is -2.31. The number of hydrogen-bond acceptors (Lipinski definition) is 3. The van der Waals surface area contributed by atoms with Crippen LogP contribution in [0.2, 0.25) is 0 Å². The van der Waals surface area contributed by atoms with Crippen molar-refractivity contribution in [3.8, 4) is 11.3 Å². The molecule has 5 nitrogen and oxygen atoms in total. The maximum Gasteiger partial charge on any atom is 0.254 e. The third kappa shape index (κ3) is 4.13. The van der Waals surface area contributed by atoms with Gasteiger partial charge in [0.05, 0.1) is 12.0 Å². The monoisotopic (exact) mass is 343 g/mol. The van der Waals surface area contributed by atoms with Crippen LogP contribution >= 0.6 is 0 Å². The molecule has 1 aliphatic rings. The molecule has 1 aromatic carbocycles. The van der Waals surface area contributed by atoms with Crippen LogP contribution in [0.3, 0.4) is 0 Å². The Bertz CT molecular complexity index is 795. The molecular formula is C19H22FN3O2. The van der Waals surface area contributed by atoms with Crippen molar-refractivity contribution in [3.63, 3.8) is 0 Å². The van der Waals surface area contributed by atoms with Gasteiger partial charge in [0, 0.05) is 24.7 Å². The van der Waals surface area contributed by atoms with Crippen molar-refractivity contribution in [1.29, 1.82) is 0 Å². The van der Waals surface area contributed by atoms with Crippen molar-refractivity contribution < 1.29 is 9.18 Å². The van der Waals surface area contributed by atoms with E-state index < -0.39 is 0 Å². The van der Waals surface area contributed by atoms with Crippen LogP contribution < -0.4 is 5.56 Å². The lowest BCUT2D eigenvalue weighted by molar-refractivity contribution is -0.133. The largest absolute Gasteiger partial charge is 0.341 e. The lowest BCUT2D eigenvalue weighted by Crippen LogP contribution is -2.41. The van der Waals surface area contributed by atoms with E-state index in [0.29, 0.717) is 11.3 Å². The number of amides is 1. The van der Waals surface area contributed by atoms with Gasteiger partial charge in [-0.3, -0.25) is 14.2 Å². The maximum atomic E-state index is 13.0. The molecule has 3 rings (SSSR count). The molecule has 1 aromatic heterocycles. The molecular weight excluding hydrogens is 321 g/mol. The highest BCUT2D eigenvalue weighted by atomic mass is 19.1. The molecule has 0 bridgehead atoms. The average Bonchev–Trinajstić information content (AvgIpc) is 2.64. The Morgan fingerprint density at radius 3 is 2.56 bits per heavy atom. The summed E-state index contributed by atoms with van der Waals surface area (Å²) in [5.74, 6) is -0.418. The fourth-order valence-corrected chi connectivity index (χ4v) is 3.25. The summed E-state index contributed by atoms with van der Waals surface area (Å²) >= 11 is 0. The molecule has 0 aliphatic heterocycles. The van der Waals surface area contributed by atoms with Gasteiger partial charge in [-0.15, -0.1) is 0 Å². The zero-order valence-corrected chi connectivity index (χ0v) is 14.3. The molecule has 0 atom stereocenters. The SMILES string of the molecule is CN(C(=O)Cn1cnc(-c2ccc(F)cc2)cc1=O)C1CCCCC1. The van der Waals surface area contributed by atoms with Crippen LogP contribution in [-0.2, 0) is 11.3 Å². The fourth-order valence-electron chi connectivity index (χ4n) is 3.25. The van der Waals surface area contributed by atoms with E-state index >= 15 is 0 Å². The minimum Gasteiger partial charge on any atom is -0.341 e. The number of carbonyl (C=O) groups excluding carboxylic acids is 1. The van der Waals surface area contributed by atoms with E-state index in [-0.39, 0.29) is 29.9 Å². The second kappa shape index (κ2) is 7.59. The lowest BCUT2D eigenvalue weighted by atomic mass is 9.94. The molecule has 2 aromatic rings. The van der Waals surface area contributed by atoms with Crippen molar-refractivity contribution in [1.82, 2.24) is 14.5 Å². The Hall–Kier alpha value is -2.50. The summed E-state index contributed by atoms with van der Waals surface area (Å²) < 4.78 is 14.3. The molecule has 0 N–H and O–H groups in total. The molecule has 0 spiro atoms. The number of carbonyl (C=O) groups is 1. The van der Waals surface area contributed by atoms with E-state index in [0.717, 1.165) is 25.7 Å². The molecule has 0 radical (unpaired) electrons. The summed E-state index contributed by atoms with van der Waals surface area (Å²) in [5.41, 5.74) is 0.838. The summed E-state index contributed by atoms with van der Waals surface area (Å²) in [4.78, 5) is 30.7. The quantitative estimate of drug-likeness (QED) is 0.858. The fraction of sp³-hybridized carbons (Fsp3) is 0.421. The third-order valence-corrected chi connectivity index (χ3v) is 4.84. The van der Waals surface area contributed by atoms with Crippen LogP contribution in [-0.4, -0.2) is 33.4 Å². The second-order valence-corrected chi connectivity index (χ2v) is 6.54. The molecule has 1 fully saturated rings. The second-order valence-electron chi connectivity index (χ2n) is 6.54. The number of nitrogens with zero attached hydrogens (tertiary/aromatic N) is 3. The number of hydrogen-bond donors (Lipinski definition) is 0. The standard InChI is InChI=1S/C19H22FN3O2/c1-22(16-5-3-2-4-6-16)19(25)12-23-13-21-17(11-18(23)24)14-7-9-15(20)10-8-14/h7-11,13,16H,2-6,12H2,1H3. The molecule has 0 saturated heterocycles. The first-order valence-electron chi connectivity index (χ1n) is 8.62. The molecule has 132 valence electrons. The van der Waals surface area contributed by atoms with Crippen LogP contribution in [0, 0.1) is 5.82 Å². The Kier molecular flexibility index (Phi) is 5.26. The zero-order valence-electron chi connectivity index (χ0n) is 14.3. The van der Waals surface area contributed by atoms with Gasteiger partial charge < -0.3 is 4.90 Å². The number of likely N-dealkylation sites (N-methyl/N-ethyl adjacent to an activating group) is 1. The zero-order chi connectivity index (χ0) is 17.8. The van der Waals surface area contributed by atoms with Crippen molar-refractivity contribution in [2.24, 2.45) is 0 Å². The first kappa shape index (κ1) is 17.3. The average molecular weight is 343 g/mol. The molecule has 1 heterocycles. The van der Waals surface area contributed by atoms with Crippen LogP contribution in [0.1, 0.15) is 32.1 Å². The van der Waals surface area contributed by atoms with Gasteiger partial charge in [0.2, 0.25) is 5.91 Å². The predicted molar refractivity (Wildman–Crippen MR) is 93.5 cm³/mol. The third-order valence-electron chi connectivity index (χ3n) is 4.84. The Morgan fingerprint density at radius 1 is 1.24 bits per heavy atom. The van der Waals surface area contributed by atoms with E-state index in [1.807, 2.05) is 7.05 Å². The minimum absolute atomic E-state index is 0.0114. The number of benzene rings is 1. The van der Waals surface area contributed by atoms with Gasteiger partial charge in [-0.2, -0.15) is 0 Å². The van der Waals surface area contributed by atoms with Crippen molar-refractivity contribution in [2.45, 2.75) is 44.7 Å². The van der Waals surface area contributed by atoms with Gasteiger partial charge >= 0.3 is 0 Å². The topological polar surface area (TPSA) is 55.2 Å². The normalized spacial score (nSPS) is 15.1. The van der Waals surface area contributed by atoms with Crippen molar-refractivity contribution in [3.05, 3.63) is 52.8 Å². The summed E-state index contributed by atoms with van der Waals surface area (Å²) in [5, 5.41) is 0. The summed E-state index contributed by atoms with van der Waals surface area (Å²) in [7, 11) is 1.81. The van der Waals surface area contributed by atoms with Crippen LogP contribution in [0.25, 0.3) is 11.3 Å². The Morgan fingerprint density at radius 2 is 1.92 bits per heavy atom. The molecule has 1 saturated carbocycles. The van der Waals surface area contributed by atoms with E-state index in [1.54, 1.807) is 17.0 Å². The van der Waals surface area contributed by atoms with E-state index in [1.165, 1.54) is 35.5 Å². The molecule has 6 heteroatoms. The van der Waals surface area contributed by atoms with E-state index in [9.17, 15) is 14.0 Å². The summed E-state index contributed by atoms with van der Waals surface area (Å²) in [6, 6.07) is 7.44. The van der Waals surface area contributed by atoms with Gasteiger partial charge in [0.1, 0.15) is 12.4 Å². The van der Waals surface area contributed by atoms with Crippen molar-refractivity contribution >= 4 is 5.91 Å². The van der Waals surface area contributed by atoms with Crippen LogP contribution in [0.15, 0.2) is 41.5 Å². The Balaban J connectivity index is 1.71. The van der Waals surface area contributed by atoms with E-state index in [4.69, 9.17) is 0 Å². The number of halogens is 1. The predicted octanol–water partition coefficient (Wildman–Crippen LogP) is 2.84. The Labute approximate surface area is 146 Å². The molecule has 1 amide bonds. The molecule has 1 aliphatic carbocycles. The highest BCUT2D eigenvalue weighted by Gasteiger charge is 2.22. The molecule has 0 unspecified atom stereocenters. The number of rotatable bonds is 4. The minimum atomic E-state index is -0.339. The van der Waals surface area contributed by atoms with Crippen molar-refractivity contribution in [2.75, 3.05) is 7.05 Å². The maximum absolute atomic E-state index is 13.0. The molecule has 25 heavy (non-hydrogen) atoms. The van der Waals surface area contributed by atoms with Gasteiger partial charge in [0.15, 0.2) is 0 Å². The highest BCUT2D eigenvalue weighted by molar-refractivity contribution is 5.76. The van der Waals surface area contributed by atoms with Crippen LogP contribution in [0.5, 0.6) is 0 Å². The van der Waals surface area contributed by atoms with Gasteiger partial charge in [0.25, 0.3) is 5.56 Å². The first-order chi connectivity index (χ1) is 12.0. The summed E-state index contributed by atoms with van der Waals surface area (Å²) in [6.07, 6.45) is 6.96. The van der Waals surface area contributed by atoms with Gasteiger partial charge in [-0.25, -0.2) is 9.37 Å². The van der Waals surface area contributed by atoms with Crippen LogP contribution in [0.4, 0.5) is 4.39 Å².